The number of carboxylic acid groups (broad SMARTS) is 1. The average molecular weight is 513 g/mol. The van der Waals surface area contributed by atoms with Gasteiger partial charge in [-0.2, -0.15) is 0 Å². The number of carbonyl (C=O) groups is 4. The van der Waals surface area contributed by atoms with Crippen molar-refractivity contribution in [2.45, 2.75) is 56.8 Å². The molecule has 7 N–H and O–H groups in total. The lowest BCUT2D eigenvalue weighted by molar-refractivity contribution is -0.149. The van der Waals surface area contributed by atoms with Crippen LogP contribution < -0.4 is 16.4 Å². The van der Waals surface area contributed by atoms with Crippen LogP contribution in [0, 0.1) is 0 Å². The first-order valence-corrected chi connectivity index (χ1v) is 12.0. The lowest BCUT2D eigenvalue weighted by atomic mass is 10.0. The van der Waals surface area contributed by atoms with Crippen molar-refractivity contribution >= 4 is 23.7 Å². The largest absolute Gasteiger partial charge is 0.508 e. The van der Waals surface area contributed by atoms with Crippen molar-refractivity contribution in [1.29, 1.82) is 0 Å². The van der Waals surface area contributed by atoms with Gasteiger partial charge in [-0.3, -0.25) is 14.4 Å². The molecule has 0 saturated carbocycles. The van der Waals surface area contributed by atoms with Crippen molar-refractivity contribution in [1.82, 2.24) is 15.5 Å². The molecule has 1 fully saturated rings. The maximum absolute atomic E-state index is 13.3. The molecule has 4 unspecified atom stereocenters. The Morgan fingerprint density at radius 1 is 0.919 bits per heavy atom. The summed E-state index contributed by atoms with van der Waals surface area (Å²) in [6, 6.07) is 8.33. The van der Waals surface area contributed by atoms with Crippen molar-refractivity contribution in [2.75, 3.05) is 6.54 Å². The molecule has 1 heterocycles. The minimum absolute atomic E-state index is 0.0427. The quantitative estimate of drug-likeness (QED) is 0.262. The van der Waals surface area contributed by atoms with Crippen molar-refractivity contribution < 1.29 is 34.5 Å². The predicted molar refractivity (Wildman–Crippen MR) is 134 cm³/mol. The first-order chi connectivity index (χ1) is 17.5. The molecule has 3 amide bonds. The molecule has 4 atom stereocenters. The summed E-state index contributed by atoms with van der Waals surface area (Å²) in [4.78, 5) is 51.7. The molecule has 11 heteroatoms. The number of carbonyl (C=O) groups excluding carboxylic acids is 3. The SMILES string of the molecule is CC(NC(=O)C(N)Cc1ccc(O)cc1)C(=O)NC(Cc1ccc(O)cc1)C(=O)N1CCCC1C(=O)O. The number of amides is 3. The number of nitrogens with zero attached hydrogens (tertiary/aromatic N) is 1. The second kappa shape index (κ2) is 12.2. The first-order valence-electron chi connectivity index (χ1n) is 12.0. The standard InChI is InChI=1S/C26H32N4O7/c1-15(28-24(34)20(27)13-16-4-8-18(31)9-5-16)23(33)29-21(14-17-6-10-19(32)11-7-17)25(35)30-12-2-3-22(30)26(36)37/h4-11,15,20-22,31-32H,2-3,12-14,27H2,1H3,(H,28,34)(H,29,33)(H,36,37). The maximum atomic E-state index is 13.3. The number of aliphatic carboxylic acids is 1. The minimum atomic E-state index is -1.11. The Hall–Kier alpha value is -4.12. The Bertz CT molecular complexity index is 1120. The van der Waals surface area contributed by atoms with Gasteiger partial charge in [-0.05, 0) is 61.6 Å². The molecule has 1 saturated heterocycles. The number of hydrogen-bond acceptors (Lipinski definition) is 7. The number of benzene rings is 2. The van der Waals surface area contributed by atoms with Gasteiger partial charge in [0.05, 0.1) is 6.04 Å². The number of aromatic hydroxyl groups is 2. The highest BCUT2D eigenvalue weighted by Crippen LogP contribution is 2.20. The van der Waals surface area contributed by atoms with E-state index in [1.165, 1.54) is 36.1 Å². The molecule has 198 valence electrons. The summed E-state index contributed by atoms with van der Waals surface area (Å²) in [6.45, 7) is 1.72. The summed E-state index contributed by atoms with van der Waals surface area (Å²) in [7, 11) is 0. The van der Waals surface area contributed by atoms with E-state index in [0.717, 1.165) is 5.56 Å². The summed E-state index contributed by atoms with van der Waals surface area (Å²) >= 11 is 0. The van der Waals surface area contributed by atoms with Gasteiger partial charge in [-0.1, -0.05) is 24.3 Å². The normalized spacial score (nSPS) is 17.5. The molecule has 0 aromatic heterocycles. The molecule has 11 nitrogen and oxygen atoms in total. The van der Waals surface area contributed by atoms with Crippen molar-refractivity contribution in [3.63, 3.8) is 0 Å². The smallest absolute Gasteiger partial charge is 0.326 e. The monoisotopic (exact) mass is 512 g/mol. The van der Waals surface area contributed by atoms with Crippen LogP contribution in [0.4, 0.5) is 0 Å². The Morgan fingerprint density at radius 3 is 2.00 bits per heavy atom. The van der Waals surface area contributed by atoms with Gasteiger partial charge in [0.25, 0.3) is 0 Å². The van der Waals surface area contributed by atoms with Crippen molar-refractivity contribution in [3.8, 4) is 11.5 Å². The number of nitrogens with two attached hydrogens (primary N) is 1. The number of hydrogen-bond donors (Lipinski definition) is 6. The van der Waals surface area contributed by atoms with Crippen LogP contribution in [0.5, 0.6) is 11.5 Å². The molecule has 3 rings (SSSR count). The van der Waals surface area contributed by atoms with Gasteiger partial charge in [-0.25, -0.2) is 4.79 Å². The molecule has 1 aliphatic heterocycles. The van der Waals surface area contributed by atoms with Gasteiger partial charge in [0.2, 0.25) is 17.7 Å². The maximum Gasteiger partial charge on any atom is 0.326 e. The summed E-state index contributed by atoms with van der Waals surface area (Å²) in [5.41, 5.74) is 7.36. The van der Waals surface area contributed by atoms with E-state index in [0.29, 0.717) is 18.4 Å². The number of likely N-dealkylation sites (tertiary alicyclic amines) is 1. The molecule has 37 heavy (non-hydrogen) atoms. The summed E-state index contributed by atoms with van der Waals surface area (Å²) in [6.07, 6.45) is 1.11. The van der Waals surface area contributed by atoms with Gasteiger partial charge < -0.3 is 36.6 Å². The Labute approximate surface area is 214 Å². The fourth-order valence-electron chi connectivity index (χ4n) is 4.22. The second-order valence-corrected chi connectivity index (χ2v) is 9.17. The predicted octanol–water partition coefficient (Wildman–Crippen LogP) is 0.275. The molecule has 2 aromatic rings. The number of nitrogens with one attached hydrogen (secondary N) is 2. The van der Waals surface area contributed by atoms with E-state index in [1.54, 1.807) is 24.3 Å². The van der Waals surface area contributed by atoms with Gasteiger partial charge in [0.15, 0.2) is 0 Å². The number of phenolic OH excluding ortho intramolecular Hbond substituents is 2. The van der Waals surface area contributed by atoms with E-state index in [4.69, 9.17) is 5.73 Å². The van der Waals surface area contributed by atoms with Crippen LogP contribution in [0.1, 0.15) is 30.9 Å². The third kappa shape index (κ3) is 7.43. The highest BCUT2D eigenvalue weighted by Gasteiger charge is 2.38. The second-order valence-electron chi connectivity index (χ2n) is 9.17. The Balaban J connectivity index is 1.67. The van der Waals surface area contributed by atoms with Crippen LogP contribution in [0.3, 0.4) is 0 Å². The molecule has 0 bridgehead atoms. The van der Waals surface area contributed by atoms with E-state index in [1.807, 2.05) is 0 Å². The van der Waals surface area contributed by atoms with Gasteiger partial charge >= 0.3 is 5.97 Å². The van der Waals surface area contributed by atoms with E-state index >= 15 is 0 Å². The first kappa shape index (κ1) is 27.5. The average Bonchev–Trinajstić information content (AvgIpc) is 3.36. The van der Waals surface area contributed by atoms with Crippen LogP contribution in [0.25, 0.3) is 0 Å². The Kier molecular flexibility index (Phi) is 9.07. The lowest BCUT2D eigenvalue weighted by Gasteiger charge is -2.28. The van der Waals surface area contributed by atoms with Gasteiger partial charge in [0, 0.05) is 13.0 Å². The van der Waals surface area contributed by atoms with Gasteiger partial charge in [0.1, 0.15) is 29.6 Å². The fraction of sp³-hybridized carbons (Fsp3) is 0.385. The molecule has 0 aliphatic carbocycles. The third-order valence-corrected chi connectivity index (χ3v) is 6.29. The number of rotatable bonds is 10. The minimum Gasteiger partial charge on any atom is -0.508 e. The molecular weight excluding hydrogens is 480 g/mol. The van der Waals surface area contributed by atoms with Crippen LogP contribution in [0.15, 0.2) is 48.5 Å². The van der Waals surface area contributed by atoms with Crippen molar-refractivity contribution in [3.05, 3.63) is 59.7 Å². The third-order valence-electron chi connectivity index (χ3n) is 6.29. The summed E-state index contributed by atoms with van der Waals surface area (Å²) < 4.78 is 0. The van der Waals surface area contributed by atoms with E-state index in [9.17, 15) is 34.5 Å². The van der Waals surface area contributed by atoms with E-state index in [2.05, 4.69) is 10.6 Å². The zero-order valence-corrected chi connectivity index (χ0v) is 20.5. The molecular formula is C26H32N4O7. The van der Waals surface area contributed by atoms with Crippen LogP contribution >= 0.6 is 0 Å². The number of phenols is 2. The number of carboxylic acids is 1. The fourth-order valence-corrected chi connectivity index (χ4v) is 4.22. The van der Waals surface area contributed by atoms with Crippen LogP contribution in [-0.2, 0) is 32.0 Å². The van der Waals surface area contributed by atoms with Gasteiger partial charge in [-0.15, -0.1) is 0 Å². The summed E-state index contributed by atoms with van der Waals surface area (Å²) in [5, 5.41) is 33.6. The molecule has 1 aliphatic rings. The zero-order chi connectivity index (χ0) is 27.1. The van der Waals surface area contributed by atoms with E-state index < -0.39 is 47.9 Å². The summed E-state index contributed by atoms with van der Waals surface area (Å²) in [5.74, 6) is -2.71. The molecule has 0 spiro atoms. The highest BCUT2D eigenvalue weighted by molar-refractivity contribution is 5.94. The topological polar surface area (TPSA) is 182 Å². The van der Waals surface area contributed by atoms with Crippen LogP contribution in [-0.4, -0.2) is 74.6 Å². The molecule has 0 radical (unpaired) electrons. The van der Waals surface area contributed by atoms with Crippen molar-refractivity contribution in [2.24, 2.45) is 5.73 Å². The van der Waals surface area contributed by atoms with E-state index in [-0.39, 0.29) is 30.9 Å². The molecule has 2 aromatic carbocycles. The Morgan fingerprint density at radius 2 is 1.46 bits per heavy atom. The van der Waals surface area contributed by atoms with Crippen LogP contribution in [0.2, 0.25) is 0 Å². The highest BCUT2D eigenvalue weighted by atomic mass is 16.4. The lowest BCUT2D eigenvalue weighted by Crippen LogP contribution is -2.57. The zero-order valence-electron chi connectivity index (χ0n) is 20.5.